The zero-order valence-electron chi connectivity index (χ0n) is 23.8. The minimum Gasteiger partial charge on any atom is -0.493 e. The molecule has 0 saturated carbocycles. The molecule has 0 aliphatic rings. The number of hydrogen-bond acceptors (Lipinski definition) is 7. The summed E-state index contributed by atoms with van der Waals surface area (Å²) in [6.45, 7) is 1.88. The van der Waals surface area contributed by atoms with Gasteiger partial charge in [-0.2, -0.15) is 0 Å². The van der Waals surface area contributed by atoms with E-state index < -0.39 is 5.24 Å². The lowest BCUT2D eigenvalue weighted by Crippen LogP contribution is -2.15. The Morgan fingerprint density at radius 3 is 1.64 bits per heavy atom. The van der Waals surface area contributed by atoms with Gasteiger partial charge in [-0.05, 0) is 84.8 Å². The maximum atomic E-state index is 12.7. The molecule has 0 aromatic heterocycles. The molecule has 0 aliphatic heterocycles. The minimum atomic E-state index is -0.513. The number of ether oxygens (including phenoxy) is 4. The first-order valence-corrected chi connectivity index (χ1v) is 13.0. The normalized spacial score (nSPS) is 9.95. The molecule has 10 heteroatoms. The van der Waals surface area contributed by atoms with Gasteiger partial charge in [-0.1, -0.05) is 24.3 Å². The quantitative estimate of drug-likeness (QED) is 0.211. The van der Waals surface area contributed by atoms with Crippen molar-refractivity contribution in [2.45, 2.75) is 6.92 Å². The molecule has 4 aromatic rings. The Morgan fingerprint density at radius 2 is 1.10 bits per heavy atom. The van der Waals surface area contributed by atoms with Crippen LogP contribution in [0, 0.1) is 6.92 Å². The summed E-state index contributed by atoms with van der Waals surface area (Å²) in [4.78, 5) is 35.8. The van der Waals surface area contributed by atoms with Crippen LogP contribution in [0.4, 0.5) is 11.4 Å². The van der Waals surface area contributed by atoms with Crippen molar-refractivity contribution >= 4 is 40.0 Å². The highest BCUT2D eigenvalue weighted by molar-refractivity contribution is 6.67. The standard InChI is InChI=1S/C23H22N2O4.C9H9ClO3/c1-15-9-11-18(24-22(26)16-7-5-4-6-8-16)14-19(15)25-23(27)17-10-12-20(28-2)21(13-17)29-3;1-12-7-4-3-6(9(10)11)5-8(7)13-2/h4-14H,1-3H3,(H,24,26)(H,25,27);3-5H,1-2H3. The van der Waals surface area contributed by atoms with Gasteiger partial charge in [0.05, 0.1) is 28.4 Å². The number of carbonyl (C=O) groups is 3. The van der Waals surface area contributed by atoms with Gasteiger partial charge in [0.1, 0.15) is 0 Å². The third-order valence-corrected chi connectivity index (χ3v) is 6.25. The van der Waals surface area contributed by atoms with Crippen LogP contribution in [0.5, 0.6) is 23.0 Å². The van der Waals surface area contributed by atoms with Crippen molar-refractivity contribution in [2.24, 2.45) is 0 Å². The average molecular weight is 591 g/mol. The number of nitrogens with one attached hydrogen (secondary N) is 2. The van der Waals surface area contributed by atoms with Crippen LogP contribution in [0.1, 0.15) is 36.6 Å². The average Bonchev–Trinajstić information content (AvgIpc) is 3.02. The second kappa shape index (κ2) is 15.1. The molecule has 0 heterocycles. The number of benzene rings is 4. The summed E-state index contributed by atoms with van der Waals surface area (Å²) in [6, 6.07) is 24.0. The fraction of sp³-hybridized carbons (Fsp3) is 0.156. The van der Waals surface area contributed by atoms with Crippen molar-refractivity contribution in [3.05, 3.63) is 107 Å². The molecule has 0 bridgehead atoms. The van der Waals surface area contributed by atoms with Gasteiger partial charge in [0, 0.05) is 28.1 Å². The van der Waals surface area contributed by atoms with Gasteiger partial charge < -0.3 is 29.6 Å². The smallest absolute Gasteiger partial charge is 0.255 e. The van der Waals surface area contributed by atoms with E-state index >= 15 is 0 Å². The predicted octanol–water partition coefficient (Wildman–Crippen LogP) is 6.60. The minimum absolute atomic E-state index is 0.216. The van der Waals surface area contributed by atoms with E-state index in [1.807, 2.05) is 19.1 Å². The van der Waals surface area contributed by atoms with Gasteiger partial charge in [-0.3, -0.25) is 14.4 Å². The Morgan fingerprint density at radius 1 is 0.571 bits per heavy atom. The summed E-state index contributed by atoms with van der Waals surface area (Å²) >= 11 is 5.29. The summed E-state index contributed by atoms with van der Waals surface area (Å²) in [5, 5.41) is 5.21. The fourth-order valence-electron chi connectivity index (χ4n) is 3.76. The zero-order valence-corrected chi connectivity index (χ0v) is 24.6. The molecule has 4 rings (SSSR count). The molecule has 0 saturated heterocycles. The first-order chi connectivity index (χ1) is 20.2. The number of aryl methyl sites for hydroxylation is 1. The summed E-state index contributed by atoms with van der Waals surface area (Å²) in [7, 11) is 6.08. The highest BCUT2D eigenvalue weighted by Gasteiger charge is 2.13. The first-order valence-electron chi connectivity index (χ1n) is 12.6. The fourth-order valence-corrected chi connectivity index (χ4v) is 3.88. The van der Waals surface area contributed by atoms with E-state index in [-0.39, 0.29) is 11.8 Å². The van der Waals surface area contributed by atoms with Crippen molar-refractivity contribution in [3.8, 4) is 23.0 Å². The molecule has 42 heavy (non-hydrogen) atoms. The number of anilines is 2. The van der Waals surface area contributed by atoms with Crippen LogP contribution in [0.2, 0.25) is 0 Å². The monoisotopic (exact) mass is 590 g/mol. The van der Waals surface area contributed by atoms with Crippen LogP contribution >= 0.6 is 11.6 Å². The van der Waals surface area contributed by atoms with E-state index in [0.29, 0.717) is 51.1 Å². The number of hydrogen-bond donors (Lipinski definition) is 2. The van der Waals surface area contributed by atoms with Gasteiger partial charge in [-0.25, -0.2) is 0 Å². The second-order valence-corrected chi connectivity index (χ2v) is 9.06. The Labute approximate surface area is 249 Å². The lowest BCUT2D eigenvalue weighted by molar-refractivity contribution is 0.101. The third kappa shape index (κ3) is 8.25. The lowest BCUT2D eigenvalue weighted by atomic mass is 10.1. The van der Waals surface area contributed by atoms with Crippen molar-refractivity contribution in [1.82, 2.24) is 0 Å². The van der Waals surface area contributed by atoms with Crippen LogP contribution in [-0.2, 0) is 0 Å². The summed E-state index contributed by atoms with van der Waals surface area (Å²) < 4.78 is 20.4. The molecule has 0 unspecified atom stereocenters. The van der Waals surface area contributed by atoms with E-state index in [1.54, 1.807) is 66.7 Å². The molecular formula is C32H31ClN2O7. The van der Waals surface area contributed by atoms with Gasteiger partial charge >= 0.3 is 0 Å². The maximum absolute atomic E-state index is 12.7. The molecular weight excluding hydrogens is 560 g/mol. The number of carbonyl (C=O) groups excluding carboxylic acids is 3. The largest absolute Gasteiger partial charge is 0.493 e. The van der Waals surface area contributed by atoms with Crippen LogP contribution < -0.4 is 29.6 Å². The summed E-state index contributed by atoms with van der Waals surface area (Å²) in [5.74, 6) is 1.58. The van der Waals surface area contributed by atoms with Crippen molar-refractivity contribution in [1.29, 1.82) is 0 Å². The van der Waals surface area contributed by atoms with Crippen LogP contribution in [0.25, 0.3) is 0 Å². The maximum Gasteiger partial charge on any atom is 0.255 e. The summed E-state index contributed by atoms with van der Waals surface area (Å²) in [5.41, 5.74) is 3.45. The van der Waals surface area contributed by atoms with Crippen molar-refractivity contribution < 1.29 is 33.3 Å². The Balaban J connectivity index is 0.000000312. The van der Waals surface area contributed by atoms with E-state index in [2.05, 4.69) is 10.6 Å². The number of amides is 2. The molecule has 218 valence electrons. The van der Waals surface area contributed by atoms with E-state index in [4.69, 9.17) is 30.5 Å². The molecule has 4 aromatic carbocycles. The number of halogens is 1. The Kier molecular flexibility index (Phi) is 11.3. The molecule has 0 fully saturated rings. The topological polar surface area (TPSA) is 112 Å². The van der Waals surface area contributed by atoms with Crippen LogP contribution in [0.3, 0.4) is 0 Å². The lowest BCUT2D eigenvalue weighted by Gasteiger charge is -2.13. The van der Waals surface area contributed by atoms with Crippen molar-refractivity contribution in [3.63, 3.8) is 0 Å². The molecule has 0 atom stereocenters. The highest BCUT2D eigenvalue weighted by atomic mass is 35.5. The summed E-state index contributed by atoms with van der Waals surface area (Å²) in [6.07, 6.45) is 0. The molecule has 0 aliphatic carbocycles. The molecule has 0 spiro atoms. The third-order valence-electron chi connectivity index (χ3n) is 6.04. The molecule has 9 nitrogen and oxygen atoms in total. The number of methoxy groups -OCH3 is 4. The molecule has 2 amide bonds. The second-order valence-electron chi connectivity index (χ2n) is 8.72. The van der Waals surface area contributed by atoms with Gasteiger partial charge in [0.25, 0.3) is 17.1 Å². The van der Waals surface area contributed by atoms with E-state index in [0.717, 1.165) is 5.56 Å². The van der Waals surface area contributed by atoms with Gasteiger partial charge in [0.2, 0.25) is 0 Å². The predicted molar refractivity (Wildman–Crippen MR) is 163 cm³/mol. The van der Waals surface area contributed by atoms with Gasteiger partial charge in [0.15, 0.2) is 23.0 Å². The number of rotatable bonds is 9. The SMILES string of the molecule is COc1ccc(C(=O)Cl)cc1OC.COc1ccc(C(=O)Nc2cc(NC(=O)c3ccccc3)ccc2C)cc1OC. The zero-order chi connectivity index (χ0) is 30.6. The first kappa shape index (κ1) is 31.5. The highest BCUT2D eigenvalue weighted by Crippen LogP contribution is 2.29. The van der Waals surface area contributed by atoms with Crippen LogP contribution in [0.15, 0.2) is 84.9 Å². The van der Waals surface area contributed by atoms with Gasteiger partial charge in [-0.15, -0.1) is 0 Å². The van der Waals surface area contributed by atoms with Crippen LogP contribution in [-0.4, -0.2) is 45.5 Å². The van der Waals surface area contributed by atoms with E-state index in [9.17, 15) is 14.4 Å². The Bertz CT molecular complexity index is 1560. The molecule has 0 radical (unpaired) electrons. The van der Waals surface area contributed by atoms with E-state index in [1.165, 1.54) is 34.5 Å². The Hall–Kier alpha value is -5.02. The van der Waals surface area contributed by atoms with Crippen molar-refractivity contribution in [2.75, 3.05) is 39.1 Å². The molecule has 2 N–H and O–H groups in total.